The Bertz CT molecular complexity index is 680. The van der Waals surface area contributed by atoms with Gasteiger partial charge in [-0.25, -0.2) is 4.39 Å². The molecule has 2 aliphatic carbocycles. The fourth-order valence-corrected chi connectivity index (χ4v) is 6.12. The zero-order valence-electron chi connectivity index (χ0n) is 21.1. The Kier molecular flexibility index (Phi) is 11.3. The predicted molar refractivity (Wildman–Crippen MR) is 138 cm³/mol. The SMILES string of the molecule is CCCCCc1ccc(C(CCC2CCC(CCCC)CC2)CC2=CCCCC2)cc1F. The van der Waals surface area contributed by atoms with Crippen molar-refractivity contribution in [2.45, 2.75) is 135 Å². The zero-order valence-corrected chi connectivity index (χ0v) is 21.1. The molecule has 32 heavy (non-hydrogen) atoms. The first-order valence-corrected chi connectivity index (χ1v) is 14.2. The maximum atomic E-state index is 14.9. The van der Waals surface area contributed by atoms with E-state index in [-0.39, 0.29) is 5.82 Å². The largest absolute Gasteiger partial charge is 0.207 e. The van der Waals surface area contributed by atoms with Gasteiger partial charge in [0.2, 0.25) is 0 Å². The highest BCUT2D eigenvalue weighted by atomic mass is 19.1. The Morgan fingerprint density at radius 1 is 0.906 bits per heavy atom. The lowest BCUT2D eigenvalue weighted by atomic mass is 9.76. The van der Waals surface area contributed by atoms with Crippen molar-refractivity contribution in [2.75, 3.05) is 0 Å². The van der Waals surface area contributed by atoms with E-state index >= 15 is 0 Å². The summed E-state index contributed by atoms with van der Waals surface area (Å²) in [5.74, 6) is 2.42. The molecule has 0 N–H and O–H groups in total. The lowest BCUT2D eigenvalue weighted by molar-refractivity contribution is 0.243. The predicted octanol–water partition coefficient (Wildman–Crippen LogP) is 10.3. The van der Waals surface area contributed by atoms with Crippen LogP contribution in [0.2, 0.25) is 0 Å². The van der Waals surface area contributed by atoms with E-state index in [0.717, 1.165) is 36.7 Å². The van der Waals surface area contributed by atoms with Gasteiger partial charge in [-0.05, 0) is 92.7 Å². The number of halogens is 1. The van der Waals surface area contributed by atoms with E-state index in [1.807, 2.05) is 6.07 Å². The maximum absolute atomic E-state index is 14.9. The van der Waals surface area contributed by atoms with Crippen LogP contribution in [0.4, 0.5) is 4.39 Å². The van der Waals surface area contributed by atoms with Gasteiger partial charge in [0.05, 0.1) is 0 Å². The van der Waals surface area contributed by atoms with Crippen LogP contribution in [0, 0.1) is 17.7 Å². The van der Waals surface area contributed by atoms with Crippen LogP contribution < -0.4 is 0 Å². The molecule has 0 amide bonds. The molecule has 0 nitrogen and oxygen atoms in total. The average molecular weight is 441 g/mol. The van der Waals surface area contributed by atoms with Crippen LogP contribution in [0.3, 0.4) is 0 Å². The van der Waals surface area contributed by atoms with E-state index in [2.05, 4.69) is 32.1 Å². The third kappa shape index (κ3) is 8.35. The molecule has 0 aliphatic heterocycles. The van der Waals surface area contributed by atoms with Gasteiger partial charge in [-0.2, -0.15) is 0 Å². The molecule has 1 saturated carbocycles. The van der Waals surface area contributed by atoms with E-state index in [4.69, 9.17) is 0 Å². The summed E-state index contributed by atoms with van der Waals surface area (Å²) in [6, 6.07) is 6.26. The molecule has 0 radical (unpaired) electrons. The minimum atomic E-state index is 0.0395. The normalized spacial score (nSPS) is 22.5. The van der Waals surface area contributed by atoms with Crippen molar-refractivity contribution in [3.63, 3.8) is 0 Å². The zero-order chi connectivity index (χ0) is 22.6. The average Bonchev–Trinajstić information content (AvgIpc) is 2.83. The second-order valence-electron chi connectivity index (χ2n) is 10.9. The second-order valence-corrected chi connectivity index (χ2v) is 10.9. The van der Waals surface area contributed by atoms with Crippen molar-refractivity contribution in [3.05, 3.63) is 46.8 Å². The first-order chi connectivity index (χ1) is 15.7. The van der Waals surface area contributed by atoms with Gasteiger partial charge in [-0.1, -0.05) is 95.4 Å². The van der Waals surface area contributed by atoms with Crippen molar-refractivity contribution in [1.29, 1.82) is 0 Å². The number of unbranched alkanes of at least 4 members (excludes halogenated alkanes) is 3. The molecule has 1 unspecified atom stereocenters. The summed E-state index contributed by atoms with van der Waals surface area (Å²) >= 11 is 0. The molecule has 0 saturated heterocycles. The van der Waals surface area contributed by atoms with Gasteiger partial charge in [0.1, 0.15) is 5.82 Å². The molecule has 1 fully saturated rings. The second kappa shape index (κ2) is 14.2. The Labute approximate surface area is 198 Å². The molecule has 3 rings (SSSR count). The monoisotopic (exact) mass is 440 g/mol. The van der Waals surface area contributed by atoms with Crippen LogP contribution in [0.15, 0.2) is 29.8 Å². The molecule has 2 aliphatic rings. The minimum absolute atomic E-state index is 0.0395. The molecule has 0 spiro atoms. The molecule has 1 atom stereocenters. The van der Waals surface area contributed by atoms with Gasteiger partial charge in [-0.3, -0.25) is 0 Å². The molecule has 1 aromatic rings. The summed E-state index contributed by atoms with van der Waals surface area (Å²) in [6.45, 7) is 4.52. The molecule has 1 heteroatoms. The Hall–Kier alpha value is -1.11. The molecular weight excluding hydrogens is 391 g/mol. The summed E-state index contributed by atoms with van der Waals surface area (Å²) in [4.78, 5) is 0. The summed E-state index contributed by atoms with van der Waals surface area (Å²) in [5.41, 5.74) is 3.81. The lowest BCUT2D eigenvalue weighted by Crippen LogP contribution is -2.15. The molecular formula is C31H49F. The van der Waals surface area contributed by atoms with Crippen molar-refractivity contribution >= 4 is 0 Å². The first-order valence-electron chi connectivity index (χ1n) is 14.2. The van der Waals surface area contributed by atoms with Gasteiger partial charge in [-0.15, -0.1) is 0 Å². The number of benzene rings is 1. The van der Waals surface area contributed by atoms with Gasteiger partial charge in [0.15, 0.2) is 0 Å². The molecule has 0 aromatic heterocycles. The van der Waals surface area contributed by atoms with Crippen LogP contribution in [0.25, 0.3) is 0 Å². The van der Waals surface area contributed by atoms with E-state index in [0.29, 0.717) is 5.92 Å². The first kappa shape index (κ1) is 25.5. The Morgan fingerprint density at radius 3 is 2.31 bits per heavy atom. The van der Waals surface area contributed by atoms with Gasteiger partial charge in [0, 0.05) is 0 Å². The third-order valence-electron chi connectivity index (χ3n) is 8.35. The highest BCUT2D eigenvalue weighted by molar-refractivity contribution is 5.28. The summed E-state index contributed by atoms with van der Waals surface area (Å²) in [7, 11) is 0. The molecule has 180 valence electrons. The standard InChI is InChI=1S/C31H49F/c1-3-5-8-14-28-21-22-30(24-31(28)32)29(23-27-12-9-7-10-13-27)20-19-26-17-15-25(16-18-26)11-6-4-2/h12,21-22,24-26,29H,3-11,13-20,23H2,1-2H3. The van der Waals surface area contributed by atoms with E-state index in [1.165, 1.54) is 102 Å². The Balaban J connectivity index is 1.60. The quantitative estimate of drug-likeness (QED) is 0.211. The number of allylic oxidation sites excluding steroid dienone is 2. The van der Waals surface area contributed by atoms with E-state index in [9.17, 15) is 4.39 Å². The highest BCUT2D eigenvalue weighted by Crippen LogP contribution is 2.38. The van der Waals surface area contributed by atoms with Crippen LogP contribution in [0.1, 0.15) is 140 Å². The molecule has 0 heterocycles. The van der Waals surface area contributed by atoms with E-state index in [1.54, 1.807) is 5.57 Å². The smallest absolute Gasteiger partial charge is 0.126 e. The van der Waals surface area contributed by atoms with Crippen LogP contribution in [0.5, 0.6) is 0 Å². The van der Waals surface area contributed by atoms with Crippen molar-refractivity contribution < 1.29 is 4.39 Å². The van der Waals surface area contributed by atoms with Gasteiger partial charge < -0.3 is 0 Å². The maximum Gasteiger partial charge on any atom is 0.126 e. The van der Waals surface area contributed by atoms with Crippen molar-refractivity contribution in [3.8, 4) is 0 Å². The number of hydrogen-bond acceptors (Lipinski definition) is 0. The van der Waals surface area contributed by atoms with Crippen LogP contribution in [-0.4, -0.2) is 0 Å². The van der Waals surface area contributed by atoms with Gasteiger partial charge in [0.25, 0.3) is 0 Å². The topological polar surface area (TPSA) is 0 Å². The van der Waals surface area contributed by atoms with E-state index < -0.39 is 0 Å². The fourth-order valence-electron chi connectivity index (χ4n) is 6.12. The fraction of sp³-hybridized carbons (Fsp3) is 0.742. The highest BCUT2D eigenvalue weighted by Gasteiger charge is 2.23. The van der Waals surface area contributed by atoms with Crippen molar-refractivity contribution in [2.24, 2.45) is 11.8 Å². The van der Waals surface area contributed by atoms with Crippen molar-refractivity contribution in [1.82, 2.24) is 0 Å². The summed E-state index contributed by atoms with van der Waals surface area (Å²) < 4.78 is 14.9. The van der Waals surface area contributed by atoms with Crippen LogP contribution >= 0.6 is 0 Å². The number of rotatable bonds is 13. The van der Waals surface area contributed by atoms with Gasteiger partial charge >= 0.3 is 0 Å². The Morgan fingerprint density at radius 2 is 1.66 bits per heavy atom. The minimum Gasteiger partial charge on any atom is -0.207 e. The lowest BCUT2D eigenvalue weighted by Gasteiger charge is -2.30. The third-order valence-corrected chi connectivity index (χ3v) is 8.35. The molecule has 1 aromatic carbocycles. The summed E-state index contributed by atoms with van der Waals surface area (Å²) in [5, 5.41) is 0. The number of hydrogen-bond donors (Lipinski definition) is 0. The summed E-state index contributed by atoms with van der Waals surface area (Å²) in [6.07, 6.45) is 25.7. The number of aryl methyl sites for hydroxylation is 1. The molecule has 0 bridgehead atoms. The van der Waals surface area contributed by atoms with Crippen LogP contribution in [-0.2, 0) is 6.42 Å².